The molecule has 1 unspecified atom stereocenters. The van der Waals surface area contributed by atoms with Gasteiger partial charge in [-0.3, -0.25) is 9.59 Å². The molecular weight excluding hydrogens is 358 g/mol. The van der Waals surface area contributed by atoms with Crippen molar-refractivity contribution in [2.24, 2.45) is 5.92 Å². The van der Waals surface area contributed by atoms with Crippen molar-refractivity contribution in [2.75, 3.05) is 13.1 Å². The van der Waals surface area contributed by atoms with E-state index in [1.54, 1.807) is 11.3 Å². The number of carbonyl (C=O) groups excluding carboxylic acids is 2. The van der Waals surface area contributed by atoms with Crippen molar-refractivity contribution < 1.29 is 9.59 Å². The van der Waals surface area contributed by atoms with Gasteiger partial charge in [-0.1, -0.05) is 31.5 Å². The molecule has 0 spiro atoms. The summed E-state index contributed by atoms with van der Waals surface area (Å²) in [5.74, 6) is 0.383. The Morgan fingerprint density at radius 3 is 2.74 bits per heavy atom. The van der Waals surface area contributed by atoms with E-state index >= 15 is 0 Å². The minimum Gasteiger partial charge on any atom is -0.350 e. The third kappa shape index (κ3) is 4.95. The lowest BCUT2D eigenvalue weighted by Gasteiger charge is -2.32. The second kappa shape index (κ2) is 8.65. The first-order valence-corrected chi connectivity index (χ1v) is 10.4. The summed E-state index contributed by atoms with van der Waals surface area (Å²) in [6.07, 6.45) is 2.03. The van der Waals surface area contributed by atoms with Gasteiger partial charge in [0.05, 0.1) is 17.2 Å². The van der Waals surface area contributed by atoms with Gasteiger partial charge in [-0.25, -0.2) is 4.98 Å². The van der Waals surface area contributed by atoms with Crippen LogP contribution in [0, 0.1) is 12.8 Å². The molecule has 1 saturated heterocycles. The molecule has 2 amide bonds. The Labute approximate surface area is 164 Å². The van der Waals surface area contributed by atoms with E-state index in [0.29, 0.717) is 13.1 Å². The molecule has 1 atom stereocenters. The molecule has 0 radical (unpaired) electrons. The van der Waals surface area contributed by atoms with Crippen LogP contribution in [0.5, 0.6) is 0 Å². The first-order valence-electron chi connectivity index (χ1n) is 9.52. The van der Waals surface area contributed by atoms with Crippen LogP contribution in [-0.2, 0) is 11.3 Å². The summed E-state index contributed by atoms with van der Waals surface area (Å²) in [4.78, 5) is 31.2. The molecule has 1 aromatic carbocycles. The normalized spacial score (nSPS) is 17.2. The topological polar surface area (TPSA) is 62.3 Å². The van der Waals surface area contributed by atoms with Gasteiger partial charge in [0, 0.05) is 35.9 Å². The van der Waals surface area contributed by atoms with Gasteiger partial charge in [-0.15, -0.1) is 11.3 Å². The number of likely N-dealkylation sites (tertiary alicyclic amines) is 1. The fourth-order valence-corrected chi connectivity index (χ4v) is 4.16. The molecule has 144 valence electrons. The molecule has 27 heavy (non-hydrogen) atoms. The summed E-state index contributed by atoms with van der Waals surface area (Å²) in [6.45, 7) is 7.75. The van der Waals surface area contributed by atoms with E-state index in [1.165, 1.54) is 0 Å². The number of carbonyl (C=O) groups is 2. The maximum Gasteiger partial charge on any atom is 0.253 e. The first-order chi connectivity index (χ1) is 12.9. The second-order valence-corrected chi connectivity index (χ2v) is 8.40. The molecule has 6 heteroatoms. The highest BCUT2D eigenvalue weighted by Gasteiger charge is 2.27. The summed E-state index contributed by atoms with van der Waals surface area (Å²) in [7, 11) is 0. The van der Waals surface area contributed by atoms with Crippen molar-refractivity contribution in [2.45, 2.75) is 46.1 Å². The van der Waals surface area contributed by atoms with E-state index < -0.39 is 0 Å². The number of benzene rings is 1. The van der Waals surface area contributed by atoms with E-state index in [9.17, 15) is 9.59 Å². The Morgan fingerprint density at radius 1 is 1.30 bits per heavy atom. The fraction of sp³-hybridized carbons (Fsp3) is 0.476. The first kappa shape index (κ1) is 19.5. The third-order valence-electron chi connectivity index (χ3n) is 4.89. The number of hydrogen-bond acceptors (Lipinski definition) is 4. The molecule has 1 aliphatic heterocycles. The average Bonchev–Trinajstić information content (AvgIpc) is 3.15. The average molecular weight is 386 g/mol. The van der Waals surface area contributed by atoms with Crippen LogP contribution in [0.2, 0.25) is 0 Å². The smallest absolute Gasteiger partial charge is 0.253 e. The van der Waals surface area contributed by atoms with Crippen molar-refractivity contribution in [3.05, 3.63) is 51.5 Å². The largest absolute Gasteiger partial charge is 0.350 e. The zero-order valence-electron chi connectivity index (χ0n) is 16.2. The summed E-state index contributed by atoms with van der Waals surface area (Å²) in [6, 6.07) is 7.76. The lowest BCUT2D eigenvalue weighted by atomic mass is 9.98. The zero-order chi connectivity index (χ0) is 19.4. The molecule has 2 heterocycles. The van der Waals surface area contributed by atoms with Gasteiger partial charge in [0.2, 0.25) is 5.91 Å². The molecule has 1 N–H and O–H groups in total. The van der Waals surface area contributed by atoms with Gasteiger partial charge in [0.15, 0.2) is 0 Å². The van der Waals surface area contributed by atoms with Gasteiger partial charge in [0.25, 0.3) is 5.91 Å². The van der Waals surface area contributed by atoms with Gasteiger partial charge in [0.1, 0.15) is 0 Å². The molecule has 0 saturated carbocycles. The monoisotopic (exact) mass is 385 g/mol. The Kier molecular flexibility index (Phi) is 6.26. The zero-order valence-corrected chi connectivity index (χ0v) is 17.0. The lowest BCUT2D eigenvalue weighted by molar-refractivity contribution is -0.124. The van der Waals surface area contributed by atoms with Crippen LogP contribution >= 0.6 is 11.3 Å². The van der Waals surface area contributed by atoms with Gasteiger partial charge >= 0.3 is 0 Å². The van der Waals surface area contributed by atoms with Crippen LogP contribution in [0.25, 0.3) is 0 Å². The molecule has 1 aliphatic rings. The molecule has 1 aromatic heterocycles. The number of aryl methyl sites for hydroxylation is 1. The van der Waals surface area contributed by atoms with E-state index in [4.69, 9.17) is 4.98 Å². The van der Waals surface area contributed by atoms with Gasteiger partial charge < -0.3 is 10.2 Å². The van der Waals surface area contributed by atoms with Crippen molar-refractivity contribution in [1.82, 2.24) is 15.2 Å². The molecule has 5 nitrogen and oxygen atoms in total. The summed E-state index contributed by atoms with van der Waals surface area (Å²) in [5, 5.41) is 5.98. The van der Waals surface area contributed by atoms with E-state index in [-0.39, 0.29) is 23.7 Å². The number of piperidine rings is 1. The van der Waals surface area contributed by atoms with E-state index in [0.717, 1.165) is 41.2 Å². The minimum absolute atomic E-state index is 0.0252. The maximum atomic E-state index is 12.8. The fourth-order valence-electron chi connectivity index (χ4n) is 3.22. The standard InChI is InChI=1S/C21H27N3O2S/c1-14(2)19(25)22-11-18-13-27-20(23-18)17-5-4-10-24(12-17)21(26)16-8-6-15(3)7-9-16/h6-9,13-14,17H,4-5,10-12H2,1-3H3,(H,22,25). The number of nitrogens with zero attached hydrogens (tertiary/aromatic N) is 2. The Hall–Kier alpha value is -2.21. The number of hydrogen-bond donors (Lipinski definition) is 1. The summed E-state index contributed by atoms with van der Waals surface area (Å²) >= 11 is 1.63. The number of amides is 2. The summed E-state index contributed by atoms with van der Waals surface area (Å²) in [5.41, 5.74) is 2.80. The van der Waals surface area contributed by atoms with Crippen molar-refractivity contribution in [3.8, 4) is 0 Å². The van der Waals surface area contributed by atoms with E-state index in [1.807, 2.05) is 55.3 Å². The van der Waals surface area contributed by atoms with Crippen LogP contribution in [0.1, 0.15) is 59.2 Å². The Morgan fingerprint density at radius 2 is 2.04 bits per heavy atom. The highest BCUT2D eigenvalue weighted by molar-refractivity contribution is 7.09. The molecule has 3 rings (SSSR count). The lowest BCUT2D eigenvalue weighted by Crippen LogP contribution is -2.39. The number of nitrogens with one attached hydrogen (secondary N) is 1. The molecule has 0 aliphatic carbocycles. The maximum absolute atomic E-state index is 12.8. The summed E-state index contributed by atoms with van der Waals surface area (Å²) < 4.78 is 0. The third-order valence-corrected chi connectivity index (χ3v) is 5.95. The number of aromatic nitrogens is 1. The predicted octanol–water partition coefficient (Wildman–Crippen LogP) is 3.74. The van der Waals surface area contributed by atoms with E-state index in [2.05, 4.69) is 5.32 Å². The Balaban J connectivity index is 1.62. The van der Waals surface area contributed by atoms with Crippen LogP contribution in [0.4, 0.5) is 0 Å². The second-order valence-electron chi connectivity index (χ2n) is 7.51. The van der Waals surface area contributed by atoms with Crippen LogP contribution in [-0.4, -0.2) is 34.8 Å². The molecular formula is C21H27N3O2S. The van der Waals surface area contributed by atoms with Crippen LogP contribution in [0.3, 0.4) is 0 Å². The predicted molar refractivity (Wildman–Crippen MR) is 108 cm³/mol. The van der Waals surface area contributed by atoms with Crippen molar-refractivity contribution in [1.29, 1.82) is 0 Å². The van der Waals surface area contributed by atoms with Crippen LogP contribution in [0.15, 0.2) is 29.6 Å². The number of thiazole rings is 1. The quantitative estimate of drug-likeness (QED) is 0.853. The van der Waals surface area contributed by atoms with Crippen molar-refractivity contribution in [3.63, 3.8) is 0 Å². The highest BCUT2D eigenvalue weighted by Crippen LogP contribution is 2.30. The van der Waals surface area contributed by atoms with Gasteiger partial charge in [-0.05, 0) is 31.9 Å². The highest BCUT2D eigenvalue weighted by atomic mass is 32.1. The van der Waals surface area contributed by atoms with Crippen LogP contribution < -0.4 is 5.32 Å². The van der Waals surface area contributed by atoms with Gasteiger partial charge in [-0.2, -0.15) is 0 Å². The molecule has 2 aromatic rings. The SMILES string of the molecule is Cc1ccc(C(=O)N2CCCC(c3nc(CNC(=O)C(C)C)cs3)C2)cc1. The molecule has 0 bridgehead atoms. The number of rotatable bonds is 5. The van der Waals surface area contributed by atoms with Crippen molar-refractivity contribution >= 4 is 23.2 Å². The minimum atomic E-state index is -0.0252. The Bertz CT molecular complexity index is 798. The molecule has 1 fully saturated rings.